The number of hydrogen-bond acceptors (Lipinski definition) is 4. The van der Waals surface area contributed by atoms with Gasteiger partial charge in [-0.2, -0.15) is 4.98 Å². The van der Waals surface area contributed by atoms with E-state index in [1.165, 1.54) is 19.3 Å². The van der Waals surface area contributed by atoms with Crippen molar-refractivity contribution in [1.29, 1.82) is 0 Å². The Morgan fingerprint density at radius 3 is 2.77 bits per heavy atom. The van der Waals surface area contributed by atoms with Crippen molar-refractivity contribution in [3.63, 3.8) is 0 Å². The first-order chi connectivity index (χ1) is 10.7. The summed E-state index contributed by atoms with van der Waals surface area (Å²) in [4.78, 5) is 8.57. The highest BCUT2D eigenvalue weighted by molar-refractivity contribution is 5.79. The van der Waals surface area contributed by atoms with Crippen LogP contribution in [0.3, 0.4) is 0 Å². The van der Waals surface area contributed by atoms with Crippen molar-refractivity contribution in [2.75, 3.05) is 6.61 Å². The molecule has 0 amide bonds. The zero-order valence-corrected chi connectivity index (χ0v) is 12.2. The largest absolute Gasteiger partial charge is 0.488 e. The fraction of sp³-hybridized carbons (Fsp3) is 0.500. The van der Waals surface area contributed by atoms with Crippen molar-refractivity contribution in [2.45, 2.75) is 44.6 Å². The fourth-order valence-corrected chi connectivity index (χ4v) is 2.63. The van der Waals surface area contributed by atoms with E-state index in [0.717, 1.165) is 18.2 Å². The average molecular weight is 308 g/mol. The molecule has 2 aromatic rings. The summed E-state index contributed by atoms with van der Waals surface area (Å²) in [5, 5.41) is 0.739. The summed E-state index contributed by atoms with van der Waals surface area (Å²) in [5.41, 5.74) is 0.713. The number of ether oxygens (including phenoxy) is 2. The van der Waals surface area contributed by atoms with Gasteiger partial charge in [-0.3, -0.25) is 0 Å². The first-order valence-corrected chi connectivity index (χ1v) is 7.55. The molecule has 0 saturated heterocycles. The van der Waals surface area contributed by atoms with Gasteiger partial charge in [0.15, 0.2) is 0 Å². The Kier molecular flexibility index (Phi) is 4.65. The zero-order valence-electron chi connectivity index (χ0n) is 12.2. The van der Waals surface area contributed by atoms with Crippen molar-refractivity contribution >= 4 is 10.9 Å². The molecule has 0 atom stereocenters. The maximum Gasteiger partial charge on any atom is 0.317 e. The van der Waals surface area contributed by atoms with Crippen LogP contribution in [0.4, 0.5) is 8.78 Å². The molecule has 0 unspecified atom stereocenters. The number of rotatable bonds is 5. The molecule has 0 bridgehead atoms. The SMILES string of the molecule is FC(F)COc1ccc2nc(OC3CCCCC3)ncc2c1. The normalized spacial score (nSPS) is 16.1. The van der Waals surface area contributed by atoms with Crippen LogP contribution in [0.15, 0.2) is 24.4 Å². The number of aromatic nitrogens is 2. The second-order valence-electron chi connectivity index (χ2n) is 5.45. The lowest BCUT2D eigenvalue weighted by Gasteiger charge is -2.21. The third-order valence-corrected chi connectivity index (χ3v) is 3.73. The van der Waals surface area contributed by atoms with E-state index in [2.05, 4.69) is 9.97 Å². The van der Waals surface area contributed by atoms with Crippen molar-refractivity contribution in [3.05, 3.63) is 24.4 Å². The topological polar surface area (TPSA) is 44.2 Å². The lowest BCUT2D eigenvalue weighted by atomic mass is 9.98. The van der Waals surface area contributed by atoms with Crippen LogP contribution in [0.2, 0.25) is 0 Å². The molecular weight excluding hydrogens is 290 g/mol. The Bertz CT molecular complexity index is 631. The van der Waals surface area contributed by atoms with E-state index in [4.69, 9.17) is 9.47 Å². The number of alkyl halides is 2. The minimum atomic E-state index is -2.49. The van der Waals surface area contributed by atoms with Crippen LogP contribution in [-0.4, -0.2) is 29.1 Å². The maximum absolute atomic E-state index is 12.1. The first kappa shape index (κ1) is 14.9. The Hall–Kier alpha value is -1.98. The highest BCUT2D eigenvalue weighted by atomic mass is 19.3. The van der Waals surface area contributed by atoms with E-state index >= 15 is 0 Å². The third-order valence-electron chi connectivity index (χ3n) is 3.73. The van der Waals surface area contributed by atoms with E-state index in [9.17, 15) is 8.78 Å². The predicted molar refractivity (Wildman–Crippen MR) is 78.5 cm³/mol. The Morgan fingerprint density at radius 1 is 1.18 bits per heavy atom. The second kappa shape index (κ2) is 6.85. The summed E-state index contributed by atoms with van der Waals surface area (Å²) >= 11 is 0. The van der Waals surface area contributed by atoms with Crippen LogP contribution in [0.25, 0.3) is 10.9 Å². The van der Waals surface area contributed by atoms with Crippen LogP contribution in [0, 0.1) is 0 Å². The van der Waals surface area contributed by atoms with Crippen LogP contribution in [-0.2, 0) is 0 Å². The van der Waals surface area contributed by atoms with E-state index in [1.807, 2.05) is 0 Å². The quantitative estimate of drug-likeness (QED) is 0.838. The second-order valence-corrected chi connectivity index (χ2v) is 5.45. The Labute approximate surface area is 127 Å². The van der Waals surface area contributed by atoms with Gasteiger partial charge < -0.3 is 9.47 Å². The molecule has 1 heterocycles. The summed E-state index contributed by atoms with van der Waals surface area (Å²) in [6.07, 6.45) is 5.06. The van der Waals surface area contributed by atoms with Crippen LogP contribution >= 0.6 is 0 Å². The van der Waals surface area contributed by atoms with Crippen LogP contribution in [0.1, 0.15) is 32.1 Å². The monoisotopic (exact) mass is 308 g/mol. The van der Waals surface area contributed by atoms with Crippen molar-refractivity contribution in [2.24, 2.45) is 0 Å². The first-order valence-electron chi connectivity index (χ1n) is 7.55. The van der Waals surface area contributed by atoms with Gasteiger partial charge in [-0.1, -0.05) is 6.42 Å². The lowest BCUT2D eigenvalue weighted by molar-refractivity contribution is 0.0820. The van der Waals surface area contributed by atoms with E-state index < -0.39 is 13.0 Å². The van der Waals surface area contributed by atoms with Gasteiger partial charge in [-0.25, -0.2) is 13.8 Å². The molecule has 3 rings (SSSR count). The molecule has 0 spiro atoms. The van der Waals surface area contributed by atoms with Gasteiger partial charge in [0.25, 0.3) is 6.43 Å². The Balaban J connectivity index is 1.71. The number of halogens is 2. The summed E-state index contributed by atoms with van der Waals surface area (Å²) in [7, 11) is 0. The third kappa shape index (κ3) is 3.81. The van der Waals surface area contributed by atoms with E-state index in [-0.39, 0.29) is 6.10 Å². The van der Waals surface area contributed by atoms with Gasteiger partial charge in [0.1, 0.15) is 18.5 Å². The molecule has 1 aromatic carbocycles. The molecule has 118 valence electrons. The lowest BCUT2D eigenvalue weighted by Crippen LogP contribution is -2.20. The highest BCUT2D eigenvalue weighted by Crippen LogP contribution is 2.24. The molecule has 6 heteroatoms. The number of fused-ring (bicyclic) bond motifs is 1. The number of benzene rings is 1. The molecule has 1 fully saturated rings. The smallest absolute Gasteiger partial charge is 0.317 e. The number of hydrogen-bond donors (Lipinski definition) is 0. The van der Waals surface area contributed by atoms with Crippen LogP contribution in [0.5, 0.6) is 11.8 Å². The minimum absolute atomic E-state index is 0.194. The zero-order chi connectivity index (χ0) is 15.4. The van der Waals surface area contributed by atoms with Crippen molar-refractivity contribution in [3.8, 4) is 11.8 Å². The summed E-state index contributed by atoms with van der Waals surface area (Å²) in [5.74, 6) is 0.386. The average Bonchev–Trinajstić information content (AvgIpc) is 2.54. The van der Waals surface area contributed by atoms with Gasteiger partial charge in [0.05, 0.1) is 5.52 Å². The summed E-state index contributed by atoms with van der Waals surface area (Å²) in [6.45, 7) is -0.616. The fourth-order valence-electron chi connectivity index (χ4n) is 2.63. The molecule has 0 aliphatic heterocycles. The van der Waals surface area contributed by atoms with Crippen LogP contribution < -0.4 is 9.47 Å². The van der Waals surface area contributed by atoms with Gasteiger partial charge >= 0.3 is 6.01 Å². The molecule has 4 nitrogen and oxygen atoms in total. The van der Waals surface area contributed by atoms with Gasteiger partial charge in [-0.05, 0) is 43.9 Å². The molecule has 0 N–H and O–H groups in total. The van der Waals surface area contributed by atoms with E-state index in [1.54, 1.807) is 24.4 Å². The molecule has 1 saturated carbocycles. The molecule has 1 aliphatic rings. The van der Waals surface area contributed by atoms with Crippen molar-refractivity contribution in [1.82, 2.24) is 9.97 Å². The summed E-state index contributed by atoms with van der Waals surface area (Å²) < 4.78 is 35.1. The molecule has 0 radical (unpaired) electrons. The maximum atomic E-state index is 12.1. The van der Waals surface area contributed by atoms with Gasteiger partial charge in [-0.15, -0.1) is 0 Å². The molecular formula is C16H18F2N2O2. The van der Waals surface area contributed by atoms with Gasteiger partial charge in [0, 0.05) is 11.6 Å². The predicted octanol–water partition coefficient (Wildman–Crippen LogP) is 3.99. The highest BCUT2D eigenvalue weighted by Gasteiger charge is 2.16. The summed E-state index contributed by atoms with van der Waals surface area (Å²) in [6, 6.07) is 5.39. The Morgan fingerprint density at radius 2 is 2.00 bits per heavy atom. The van der Waals surface area contributed by atoms with Crippen molar-refractivity contribution < 1.29 is 18.3 Å². The molecule has 22 heavy (non-hydrogen) atoms. The number of nitrogens with zero attached hydrogens (tertiary/aromatic N) is 2. The van der Waals surface area contributed by atoms with Gasteiger partial charge in [0.2, 0.25) is 0 Å². The minimum Gasteiger partial charge on any atom is -0.488 e. The van der Waals surface area contributed by atoms with E-state index in [0.29, 0.717) is 17.3 Å². The standard InChI is InChI=1S/C16H18F2N2O2/c17-15(18)10-21-13-6-7-14-11(8-13)9-19-16(20-14)22-12-4-2-1-3-5-12/h6-9,12,15H,1-5,10H2. The molecule has 1 aliphatic carbocycles. The molecule has 1 aromatic heterocycles.